The van der Waals surface area contributed by atoms with E-state index >= 15 is 0 Å². The molecule has 0 aliphatic carbocycles. The number of carboxylic acids is 1. The van der Waals surface area contributed by atoms with Crippen LogP contribution in [0, 0.1) is 0 Å². The zero-order valence-electron chi connectivity index (χ0n) is 11.2. The van der Waals surface area contributed by atoms with E-state index in [1.807, 2.05) is 36.4 Å². The summed E-state index contributed by atoms with van der Waals surface area (Å²) < 4.78 is 5.66. The number of aryl methyl sites for hydroxylation is 1. The first kappa shape index (κ1) is 14.1. The minimum absolute atomic E-state index is 0.208. The van der Waals surface area contributed by atoms with Crippen molar-refractivity contribution in [1.29, 1.82) is 0 Å². The van der Waals surface area contributed by atoms with E-state index in [0.717, 1.165) is 23.3 Å². The van der Waals surface area contributed by atoms with Crippen LogP contribution in [0.5, 0.6) is 5.75 Å². The second kappa shape index (κ2) is 7.28. The summed E-state index contributed by atoms with van der Waals surface area (Å²) in [7, 11) is 0. The minimum Gasteiger partial charge on any atom is -0.489 e. The van der Waals surface area contributed by atoms with Crippen molar-refractivity contribution < 1.29 is 14.6 Å². The average Bonchev–Trinajstić information content (AvgIpc) is 2.47. The van der Waals surface area contributed by atoms with Crippen LogP contribution in [0.15, 0.2) is 48.8 Å². The Hall–Kier alpha value is -2.36. The summed E-state index contributed by atoms with van der Waals surface area (Å²) >= 11 is 0. The van der Waals surface area contributed by atoms with Crippen LogP contribution in [0.2, 0.25) is 0 Å². The van der Waals surface area contributed by atoms with Crippen LogP contribution in [0.1, 0.15) is 24.0 Å². The van der Waals surface area contributed by atoms with E-state index in [0.29, 0.717) is 13.0 Å². The molecule has 1 heterocycles. The number of ether oxygens (including phenoxy) is 1. The summed E-state index contributed by atoms with van der Waals surface area (Å²) in [5, 5.41) is 8.59. The molecule has 0 fully saturated rings. The lowest BCUT2D eigenvalue weighted by molar-refractivity contribution is -0.137. The number of carbonyl (C=O) groups is 1. The Labute approximate surface area is 118 Å². The first-order valence-electron chi connectivity index (χ1n) is 6.56. The number of benzene rings is 1. The highest BCUT2D eigenvalue weighted by Gasteiger charge is 2.00. The number of hydrogen-bond acceptors (Lipinski definition) is 3. The predicted molar refractivity (Wildman–Crippen MR) is 75.6 cm³/mol. The number of carboxylic acid groups (broad SMARTS) is 1. The predicted octanol–water partition coefficient (Wildman–Crippen LogP) is 3.07. The fraction of sp³-hybridized carbons (Fsp3) is 0.250. The van der Waals surface area contributed by atoms with E-state index in [1.165, 1.54) is 0 Å². The van der Waals surface area contributed by atoms with E-state index in [9.17, 15) is 4.79 Å². The molecule has 4 nitrogen and oxygen atoms in total. The van der Waals surface area contributed by atoms with Crippen molar-refractivity contribution in [2.24, 2.45) is 0 Å². The maximum Gasteiger partial charge on any atom is 0.303 e. The quantitative estimate of drug-likeness (QED) is 0.840. The molecule has 0 aliphatic rings. The molecule has 0 aliphatic heterocycles. The molecule has 104 valence electrons. The molecular formula is C16H17NO3. The zero-order chi connectivity index (χ0) is 14.2. The molecule has 0 spiro atoms. The summed E-state index contributed by atoms with van der Waals surface area (Å²) in [6.07, 6.45) is 5.15. The van der Waals surface area contributed by atoms with Gasteiger partial charge in [0.15, 0.2) is 0 Å². The third-order valence-electron chi connectivity index (χ3n) is 2.91. The first-order valence-corrected chi connectivity index (χ1v) is 6.56. The van der Waals surface area contributed by atoms with Gasteiger partial charge < -0.3 is 9.84 Å². The maximum atomic E-state index is 10.4. The molecule has 1 aromatic heterocycles. The van der Waals surface area contributed by atoms with Gasteiger partial charge in [-0.1, -0.05) is 18.2 Å². The molecule has 0 radical (unpaired) electrons. The smallest absolute Gasteiger partial charge is 0.303 e. The van der Waals surface area contributed by atoms with Crippen molar-refractivity contribution in [2.75, 3.05) is 0 Å². The number of nitrogens with zero attached hydrogens (tertiary/aromatic N) is 1. The molecule has 0 atom stereocenters. The van der Waals surface area contributed by atoms with Crippen molar-refractivity contribution >= 4 is 5.97 Å². The molecule has 1 N–H and O–H groups in total. The molecule has 0 saturated heterocycles. The Morgan fingerprint density at radius 3 is 2.60 bits per heavy atom. The molecule has 0 amide bonds. The molecule has 2 rings (SSSR count). The molecule has 0 saturated carbocycles. The highest BCUT2D eigenvalue weighted by Crippen LogP contribution is 2.15. The van der Waals surface area contributed by atoms with Gasteiger partial charge in [-0.2, -0.15) is 0 Å². The normalized spacial score (nSPS) is 10.2. The van der Waals surface area contributed by atoms with E-state index in [-0.39, 0.29) is 6.42 Å². The highest BCUT2D eigenvalue weighted by atomic mass is 16.5. The minimum atomic E-state index is -0.749. The Morgan fingerprint density at radius 2 is 1.95 bits per heavy atom. The van der Waals surface area contributed by atoms with E-state index in [4.69, 9.17) is 9.84 Å². The van der Waals surface area contributed by atoms with Crippen LogP contribution in [-0.4, -0.2) is 16.1 Å². The third-order valence-corrected chi connectivity index (χ3v) is 2.91. The highest BCUT2D eigenvalue weighted by molar-refractivity contribution is 5.66. The Kier molecular flexibility index (Phi) is 5.12. The topological polar surface area (TPSA) is 59.4 Å². The molecule has 4 heteroatoms. The van der Waals surface area contributed by atoms with Gasteiger partial charge in [-0.25, -0.2) is 0 Å². The van der Waals surface area contributed by atoms with Crippen LogP contribution >= 0.6 is 0 Å². The van der Waals surface area contributed by atoms with Gasteiger partial charge in [0.2, 0.25) is 0 Å². The Bertz CT molecular complexity index is 537. The van der Waals surface area contributed by atoms with Gasteiger partial charge in [0, 0.05) is 24.4 Å². The van der Waals surface area contributed by atoms with Crippen LogP contribution in [0.25, 0.3) is 0 Å². The first-order chi connectivity index (χ1) is 9.74. The molecule has 0 unspecified atom stereocenters. The lowest BCUT2D eigenvalue weighted by Crippen LogP contribution is -1.97. The van der Waals surface area contributed by atoms with E-state index < -0.39 is 5.97 Å². The zero-order valence-corrected chi connectivity index (χ0v) is 11.2. The Balaban J connectivity index is 1.81. The molecular weight excluding hydrogens is 254 g/mol. The lowest BCUT2D eigenvalue weighted by atomic mass is 10.1. The van der Waals surface area contributed by atoms with Crippen molar-refractivity contribution in [2.45, 2.75) is 25.9 Å². The summed E-state index contributed by atoms with van der Waals surface area (Å²) in [6.45, 7) is 0.492. The van der Waals surface area contributed by atoms with Gasteiger partial charge in [0.1, 0.15) is 12.4 Å². The summed E-state index contributed by atoms with van der Waals surface area (Å²) in [5.41, 5.74) is 2.15. The van der Waals surface area contributed by atoms with E-state index in [2.05, 4.69) is 4.98 Å². The number of aliphatic carboxylic acids is 1. The average molecular weight is 271 g/mol. The number of hydrogen-bond donors (Lipinski definition) is 1. The van der Waals surface area contributed by atoms with Gasteiger partial charge in [-0.15, -0.1) is 0 Å². The molecule has 20 heavy (non-hydrogen) atoms. The largest absolute Gasteiger partial charge is 0.489 e. The van der Waals surface area contributed by atoms with Gasteiger partial charge in [-0.05, 0) is 36.6 Å². The number of aromatic nitrogens is 1. The van der Waals surface area contributed by atoms with Gasteiger partial charge in [0.25, 0.3) is 0 Å². The van der Waals surface area contributed by atoms with Crippen molar-refractivity contribution in [1.82, 2.24) is 4.98 Å². The monoisotopic (exact) mass is 271 g/mol. The number of pyridine rings is 1. The van der Waals surface area contributed by atoms with Crippen molar-refractivity contribution in [3.8, 4) is 5.75 Å². The van der Waals surface area contributed by atoms with Crippen molar-refractivity contribution in [3.05, 3.63) is 59.9 Å². The molecule has 2 aromatic rings. The van der Waals surface area contributed by atoms with Crippen molar-refractivity contribution in [3.63, 3.8) is 0 Å². The van der Waals surface area contributed by atoms with Gasteiger partial charge in [0.05, 0.1) is 0 Å². The van der Waals surface area contributed by atoms with Gasteiger partial charge in [-0.3, -0.25) is 9.78 Å². The fourth-order valence-corrected chi connectivity index (χ4v) is 1.85. The SMILES string of the molecule is O=C(O)CCCc1ccc(OCc2cccnc2)cc1. The Morgan fingerprint density at radius 1 is 1.15 bits per heavy atom. The fourth-order valence-electron chi connectivity index (χ4n) is 1.85. The molecule has 1 aromatic carbocycles. The van der Waals surface area contributed by atoms with Crippen LogP contribution in [-0.2, 0) is 17.8 Å². The second-order valence-corrected chi connectivity index (χ2v) is 4.54. The lowest BCUT2D eigenvalue weighted by Gasteiger charge is -2.07. The van der Waals surface area contributed by atoms with Gasteiger partial charge >= 0.3 is 5.97 Å². The number of rotatable bonds is 7. The summed E-state index contributed by atoms with van der Waals surface area (Å²) in [6, 6.07) is 11.6. The van der Waals surface area contributed by atoms with Crippen LogP contribution in [0.4, 0.5) is 0 Å². The summed E-state index contributed by atoms with van der Waals surface area (Å²) in [5.74, 6) is 0.0530. The molecule has 0 bridgehead atoms. The van der Waals surface area contributed by atoms with Crippen LogP contribution in [0.3, 0.4) is 0 Å². The standard InChI is InChI=1S/C16H17NO3/c18-16(19)5-1-3-13-6-8-15(9-7-13)20-12-14-4-2-10-17-11-14/h2,4,6-11H,1,3,5,12H2,(H,18,19). The van der Waals surface area contributed by atoms with E-state index in [1.54, 1.807) is 12.4 Å². The third kappa shape index (κ3) is 4.72. The maximum absolute atomic E-state index is 10.4. The van der Waals surface area contributed by atoms with Crippen LogP contribution < -0.4 is 4.74 Å². The summed E-state index contributed by atoms with van der Waals surface area (Å²) in [4.78, 5) is 14.5. The second-order valence-electron chi connectivity index (χ2n) is 4.54.